The Morgan fingerprint density at radius 1 is 0.947 bits per heavy atom. The molecule has 0 saturated carbocycles. The fourth-order valence-corrected chi connectivity index (χ4v) is 2.34. The van der Waals surface area contributed by atoms with E-state index in [4.69, 9.17) is 0 Å². The molecule has 0 aliphatic carbocycles. The quantitative estimate of drug-likeness (QED) is 0.811. The summed E-state index contributed by atoms with van der Waals surface area (Å²) in [6, 6.07) is 17.8. The zero-order valence-electron chi connectivity index (χ0n) is 12.1. The standard InChI is InChI=1S/C18H23N/c1-14-6-4-8-17(12-14)11-10-16(3)19-18-9-5-7-15(2)13-18/h4-9,12-13,16,19H,10-11H2,1-3H3. The van der Waals surface area contributed by atoms with Crippen molar-refractivity contribution in [3.05, 3.63) is 65.2 Å². The summed E-state index contributed by atoms with van der Waals surface area (Å²) in [6.07, 6.45) is 2.28. The lowest BCUT2D eigenvalue weighted by Crippen LogP contribution is -2.16. The van der Waals surface area contributed by atoms with Crippen molar-refractivity contribution in [1.29, 1.82) is 0 Å². The summed E-state index contributed by atoms with van der Waals surface area (Å²) in [5, 5.41) is 3.57. The summed E-state index contributed by atoms with van der Waals surface area (Å²) in [4.78, 5) is 0. The number of anilines is 1. The van der Waals surface area contributed by atoms with Crippen LogP contribution in [0.3, 0.4) is 0 Å². The Hall–Kier alpha value is -1.76. The molecular weight excluding hydrogens is 230 g/mol. The van der Waals surface area contributed by atoms with Crippen molar-refractivity contribution in [3.8, 4) is 0 Å². The lowest BCUT2D eigenvalue weighted by atomic mass is 10.0. The van der Waals surface area contributed by atoms with Gasteiger partial charge in [-0.25, -0.2) is 0 Å². The van der Waals surface area contributed by atoms with Gasteiger partial charge in [0.25, 0.3) is 0 Å². The van der Waals surface area contributed by atoms with Crippen LogP contribution in [0.5, 0.6) is 0 Å². The van der Waals surface area contributed by atoms with E-state index in [1.165, 1.54) is 22.4 Å². The topological polar surface area (TPSA) is 12.0 Å². The van der Waals surface area contributed by atoms with E-state index < -0.39 is 0 Å². The summed E-state index contributed by atoms with van der Waals surface area (Å²) in [5.74, 6) is 0. The Labute approximate surface area is 116 Å². The van der Waals surface area contributed by atoms with Crippen molar-refractivity contribution in [1.82, 2.24) is 0 Å². The summed E-state index contributed by atoms with van der Waals surface area (Å²) in [5.41, 5.74) is 5.29. The normalized spacial score (nSPS) is 12.2. The molecule has 0 saturated heterocycles. The fraction of sp³-hybridized carbons (Fsp3) is 0.333. The Bertz CT molecular complexity index is 531. The molecule has 0 amide bonds. The molecule has 2 aromatic carbocycles. The lowest BCUT2D eigenvalue weighted by Gasteiger charge is -2.15. The highest BCUT2D eigenvalue weighted by Crippen LogP contribution is 2.14. The minimum absolute atomic E-state index is 0.488. The highest BCUT2D eigenvalue weighted by molar-refractivity contribution is 5.46. The first-order valence-electron chi connectivity index (χ1n) is 7.02. The maximum Gasteiger partial charge on any atom is 0.0344 e. The summed E-state index contributed by atoms with van der Waals surface area (Å²) < 4.78 is 0. The van der Waals surface area contributed by atoms with E-state index in [-0.39, 0.29) is 0 Å². The molecule has 0 radical (unpaired) electrons. The molecule has 100 valence electrons. The van der Waals surface area contributed by atoms with Gasteiger partial charge in [-0.05, 0) is 56.9 Å². The zero-order valence-corrected chi connectivity index (χ0v) is 12.1. The largest absolute Gasteiger partial charge is 0.383 e. The van der Waals surface area contributed by atoms with Crippen molar-refractivity contribution in [3.63, 3.8) is 0 Å². The number of aryl methyl sites for hydroxylation is 3. The summed E-state index contributed by atoms with van der Waals surface area (Å²) in [6.45, 7) is 6.53. The molecule has 2 aromatic rings. The van der Waals surface area contributed by atoms with Crippen molar-refractivity contribution in [2.75, 3.05) is 5.32 Å². The van der Waals surface area contributed by atoms with Crippen LogP contribution in [0, 0.1) is 13.8 Å². The van der Waals surface area contributed by atoms with Crippen LogP contribution in [0.25, 0.3) is 0 Å². The molecule has 1 nitrogen and oxygen atoms in total. The van der Waals surface area contributed by atoms with E-state index in [0.29, 0.717) is 6.04 Å². The van der Waals surface area contributed by atoms with Crippen LogP contribution in [0.2, 0.25) is 0 Å². The summed E-state index contributed by atoms with van der Waals surface area (Å²) >= 11 is 0. The molecule has 0 aromatic heterocycles. The number of hydrogen-bond donors (Lipinski definition) is 1. The van der Waals surface area contributed by atoms with Gasteiger partial charge in [0.2, 0.25) is 0 Å². The van der Waals surface area contributed by atoms with E-state index in [2.05, 4.69) is 74.6 Å². The van der Waals surface area contributed by atoms with Crippen LogP contribution in [0.15, 0.2) is 48.5 Å². The average molecular weight is 253 g/mol. The van der Waals surface area contributed by atoms with Crippen molar-refractivity contribution < 1.29 is 0 Å². The number of nitrogens with one attached hydrogen (secondary N) is 1. The Balaban J connectivity index is 1.86. The number of benzene rings is 2. The van der Waals surface area contributed by atoms with Gasteiger partial charge in [0.1, 0.15) is 0 Å². The second kappa shape index (κ2) is 6.42. The predicted molar refractivity (Wildman–Crippen MR) is 83.8 cm³/mol. The third kappa shape index (κ3) is 4.44. The first-order valence-corrected chi connectivity index (χ1v) is 7.02. The average Bonchev–Trinajstić information content (AvgIpc) is 2.36. The molecule has 1 atom stereocenters. The molecule has 0 aliphatic heterocycles. The minimum atomic E-state index is 0.488. The smallest absolute Gasteiger partial charge is 0.0344 e. The SMILES string of the molecule is Cc1cccc(CCC(C)Nc2cccc(C)c2)c1. The molecule has 0 bridgehead atoms. The molecule has 0 heterocycles. The van der Waals surface area contributed by atoms with Crippen LogP contribution < -0.4 is 5.32 Å². The van der Waals surface area contributed by atoms with Gasteiger partial charge in [-0.2, -0.15) is 0 Å². The van der Waals surface area contributed by atoms with E-state index in [1.54, 1.807) is 0 Å². The predicted octanol–water partition coefficient (Wildman–Crippen LogP) is 4.74. The maximum atomic E-state index is 3.57. The van der Waals surface area contributed by atoms with Gasteiger partial charge in [-0.3, -0.25) is 0 Å². The fourth-order valence-electron chi connectivity index (χ4n) is 2.34. The third-order valence-corrected chi connectivity index (χ3v) is 3.38. The first-order chi connectivity index (χ1) is 9.13. The lowest BCUT2D eigenvalue weighted by molar-refractivity contribution is 0.706. The molecule has 19 heavy (non-hydrogen) atoms. The van der Waals surface area contributed by atoms with Gasteiger partial charge in [0.15, 0.2) is 0 Å². The van der Waals surface area contributed by atoms with Crippen LogP contribution in [-0.4, -0.2) is 6.04 Å². The number of hydrogen-bond acceptors (Lipinski definition) is 1. The van der Waals surface area contributed by atoms with E-state index in [9.17, 15) is 0 Å². The summed E-state index contributed by atoms with van der Waals surface area (Å²) in [7, 11) is 0. The molecule has 0 aliphatic rings. The van der Waals surface area contributed by atoms with Crippen molar-refractivity contribution in [2.24, 2.45) is 0 Å². The van der Waals surface area contributed by atoms with E-state index in [1.807, 2.05) is 0 Å². The van der Waals surface area contributed by atoms with Gasteiger partial charge in [-0.1, -0.05) is 42.0 Å². The molecule has 0 spiro atoms. The van der Waals surface area contributed by atoms with Gasteiger partial charge < -0.3 is 5.32 Å². The molecule has 1 heteroatoms. The molecular formula is C18H23N. The highest BCUT2D eigenvalue weighted by Gasteiger charge is 2.03. The van der Waals surface area contributed by atoms with Crippen LogP contribution >= 0.6 is 0 Å². The Morgan fingerprint density at radius 3 is 2.32 bits per heavy atom. The van der Waals surface area contributed by atoms with E-state index in [0.717, 1.165) is 12.8 Å². The molecule has 1 unspecified atom stereocenters. The number of rotatable bonds is 5. The van der Waals surface area contributed by atoms with Gasteiger partial charge >= 0.3 is 0 Å². The first kappa shape index (κ1) is 13.7. The maximum absolute atomic E-state index is 3.57. The van der Waals surface area contributed by atoms with Crippen LogP contribution in [-0.2, 0) is 6.42 Å². The Kier molecular flexibility index (Phi) is 4.62. The van der Waals surface area contributed by atoms with Crippen molar-refractivity contribution in [2.45, 2.75) is 39.7 Å². The van der Waals surface area contributed by atoms with Crippen molar-refractivity contribution >= 4 is 5.69 Å². The van der Waals surface area contributed by atoms with Crippen LogP contribution in [0.4, 0.5) is 5.69 Å². The Morgan fingerprint density at radius 2 is 1.63 bits per heavy atom. The molecule has 0 fully saturated rings. The van der Waals surface area contributed by atoms with Gasteiger partial charge in [-0.15, -0.1) is 0 Å². The van der Waals surface area contributed by atoms with E-state index >= 15 is 0 Å². The third-order valence-electron chi connectivity index (χ3n) is 3.38. The molecule has 1 N–H and O–H groups in total. The second-order valence-electron chi connectivity index (χ2n) is 5.44. The second-order valence-corrected chi connectivity index (χ2v) is 5.44. The van der Waals surface area contributed by atoms with Gasteiger partial charge in [0, 0.05) is 11.7 Å². The van der Waals surface area contributed by atoms with Crippen LogP contribution in [0.1, 0.15) is 30.0 Å². The van der Waals surface area contributed by atoms with Gasteiger partial charge in [0.05, 0.1) is 0 Å². The monoisotopic (exact) mass is 253 g/mol. The molecule has 2 rings (SSSR count). The highest BCUT2D eigenvalue weighted by atomic mass is 14.9. The minimum Gasteiger partial charge on any atom is -0.383 e. The zero-order chi connectivity index (χ0) is 13.7.